The van der Waals surface area contributed by atoms with Crippen LogP contribution in [0.2, 0.25) is 0 Å². The summed E-state index contributed by atoms with van der Waals surface area (Å²) in [6.07, 6.45) is 6.28. The molecule has 1 aliphatic heterocycles. The van der Waals surface area contributed by atoms with Crippen LogP contribution in [0, 0.1) is 11.8 Å². The summed E-state index contributed by atoms with van der Waals surface area (Å²) in [5, 5.41) is 7.60. The summed E-state index contributed by atoms with van der Waals surface area (Å²) < 4.78 is 5.48. The Bertz CT molecular complexity index is 425. The smallest absolute Gasteiger partial charge is 0.226 e. The zero-order valence-electron chi connectivity index (χ0n) is 12.6. The summed E-state index contributed by atoms with van der Waals surface area (Å²) in [5.74, 6) is 3.31. The molecule has 2 heterocycles. The van der Waals surface area contributed by atoms with Gasteiger partial charge in [0.1, 0.15) is 0 Å². The highest BCUT2D eigenvalue weighted by Crippen LogP contribution is 2.30. The molecule has 5 nitrogen and oxygen atoms in total. The van der Waals surface area contributed by atoms with Gasteiger partial charge in [0, 0.05) is 26.1 Å². The number of nitrogens with zero attached hydrogens (tertiary/aromatic N) is 3. The van der Waals surface area contributed by atoms with Crippen LogP contribution >= 0.6 is 0 Å². The minimum atomic E-state index is 0.257. The first kappa shape index (κ1) is 14.0. The van der Waals surface area contributed by atoms with Gasteiger partial charge in [-0.3, -0.25) is 4.90 Å². The molecule has 0 aromatic carbocycles. The molecular weight excluding hydrogens is 252 g/mol. The number of likely N-dealkylation sites (N-methyl/N-ethyl adjacent to an activating group) is 1. The molecule has 112 valence electrons. The SMILES string of the molecule is CC1CCC(Cc2nc(C3CNCCN3C)no2)CC1. The highest BCUT2D eigenvalue weighted by atomic mass is 16.5. The van der Waals surface area contributed by atoms with Gasteiger partial charge >= 0.3 is 0 Å². The van der Waals surface area contributed by atoms with E-state index in [2.05, 4.69) is 34.3 Å². The molecular formula is C15H26N4O. The normalized spacial score (nSPS) is 32.4. The molecule has 1 atom stereocenters. The van der Waals surface area contributed by atoms with Crippen molar-refractivity contribution < 1.29 is 4.52 Å². The van der Waals surface area contributed by atoms with Gasteiger partial charge in [0.2, 0.25) is 5.89 Å². The van der Waals surface area contributed by atoms with Crippen molar-refractivity contribution in [3.8, 4) is 0 Å². The zero-order valence-corrected chi connectivity index (χ0v) is 12.6. The van der Waals surface area contributed by atoms with Crippen molar-refractivity contribution in [1.29, 1.82) is 0 Å². The Morgan fingerprint density at radius 2 is 2.10 bits per heavy atom. The van der Waals surface area contributed by atoms with Gasteiger partial charge in [-0.2, -0.15) is 4.98 Å². The summed E-state index contributed by atoms with van der Waals surface area (Å²) in [4.78, 5) is 6.94. The van der Waals surface area contributed by atoms with Crippen molar-refractivity contribution in [2.75, 3.05) is 26.7 Å². The van der Waals surface area contributed by atoms with Crippen LogP contribution in [-0.2, 0) is 6.42 Å². The molecule has 1 aromatic rings. The van der Waals surface area contributed by atoms with Gasteiger partial charge in [-0.15, -0.1) is 0 Å². The predicted octanol–water partition coefficient (Wildman–Crippen LogP) is 2.01. The molecule has 2 aliphatic rings. The minimum Gasteiger partial charge on any atom is -0.339 e. The van der Waals surface area contributed by atoms with E-state index in [1.807, 2.05) is 0 Å². The lowest BCUT2D eigenvalue weighted by atomic mass is 9.81. The number of hydrogen-bond donors (Lipinski definition) is 1. The monoisotopic (exact) mass is 278 g/mol. The predicted molar refractivity (Wildman–Crippen MR) is 77.4 cm³/mol. The molecule has 1 N–H and O–H groups in total. The first-order valence-corrected chi connectivity index (χ1v) is 7.96. The van der Waals surface area contributed by atoms with Gasteiger partial charge in [0.25, 0.3) is 0 Å². The Kier molecular flexibility index (Phi) is 4.36. The molecule has 0 spiro atoms. The number of nitrogens with one attached hydrogen (secondary N) is 1. The molecule has 1 aromatic heterocycles. The fourth-order valence-corrected chi connectivity index (χ4v) is 3.36. The van der Waals surface area contributed by atoms with Gasteiger partial charge in [-0.25, -0.2) is 0 Å². The molecule has 0 bridgehead atoms. The van der Waals surface area contributed by atoms with Gasteiger partial charge in [-0.1, -0.05) is 24.9 Å². The maximum absolute atomic E-state index is 5.48. The van der Waals surface area contributed by atoms with Crippen molar-refractivity contribution >= 4 is 0 Å². The van der Waals surface area contributed by atoms with Crippen LogP contribution in [0.25, 0.3) is 0 Å². The average Bonchev–Trinajstić information content (AvgIpc) is 2.90. The van der Waals surface area contributed by atoms with Crippen molar-refractivity contribution in [2.45, 2.75) is 45.1 Å². The molecule has 1 saturated heterocycles. The van der Waals surface area contributed by atoms with E-state index in [1.165, 1.54) is 25.7 Å². The number of hydrogen-bond acceptors (Lipinski definition) is 5. The van der Waals surface area contributed by atoms with Crippen LogP contribution in [0.3, 0.4) is 0 Å². The molecule has 0 amide bonds. The Labute approximate surface area is 121 Å². The third kappa shape index (κ3) is 3.20. The summed E-state index contributed by atoms with van der Waals surface area (Å²) in [7, 11) is 2.13. The van der Waals surface area contributed by atoms with E-state index in [-0.39, 0.29) is 6.04 Å². The van der Waals surface area contributed by atoms with E-state index < -0.39 is 0 Å². The lowest BCUT2D eigenvalue weighted by Gasteiger charge is -2.30. The first-order chi connectivity index (χ1) is 9.72. The fraction of sp³-hybridized carbons (Fsp3) is 0.867. The van der Waals surface area contributed by atoms with E-state index in [0.717, 1.165) is 49.6 Å². The minimum absolute atomic E-state index is 0.257. The molecule has 3 rings (SSSR count). The van der Waals surface area contributed by atoms with E-state index >= 15 is 0 Å². The van der Waals surface area contributed by atoms with Crippen LogP contribution in [0.4, 0.5) is 0 Å². The van der Waals surface area contributed by atoms with Gasteiger partial charge < -0.3 is 9.84 Å². The lowest BCUT2D eigenvalue weighted by Crippen LogP contribution is -2.44. The van der Waals surface area contributed by atoms with Crippen LogP contribution in [-0.4, -0.2) is 41.7 Å². The topological polar surface area (TPSA) is 54.2 Å². The molecule has 0 radical (unpaired) electrons. The van der Waals surface area contributed by atoms with Crippen LogP contribution in [0.1, 0.15) is 50.4 Å². The van der Waals surface area contributed by atoms with Crippen LogP contribution in [0.5, 0.6) is 0 Å². The maximum atomic E-state index is 5.48. The van der Waals surface area contributed by atoms with E-state index in [1.54, 1.807) is 0 Å². The Morgan fingerprint density at radius 3 is 2.85 bits per heavy atom. The second-order valence-electron chi connectivity index (χ2n) is 6.58. The molecule has 1 aliphatic carbocycles. The summed E-state index contributed by atoms with van der Waals surface area (Å²) in [6.45, 7) is 5.34. The third-order valence-electron chi connectivity index (χ3n) is 4.89. The van der Waals surface area contributed by atoms with Crippen molar-refractivity contribution in [3.63, 3.8) is 0 Å². The maximum Gasteiger partial charge on any atom is 0.226 e. The van der Waals surface area contributed by atoms with Gasteiger partial charge in [-0.05, 0) is 31.7 Å². The summed E-state index contributed by atoms with van der Waals surface area (Å²) >= 11 is 0. The molecule has 20 heavy (non-hydrogen) atoms. The second kappa shape index (κ2) is 6.22. The van der Waals surface area contributed by atoms with E-state index in [4.69, 9.17) is 4.52 Å². The Morgan fingerprint density at radius 1 is 1.30 bits per heavy atom. The van der Waals surface area contributed by atoms with E-state index in [0.29, 0.717) is 0 Å². The fourth-order valence-electron chi connectivity index (χ4n) is 3.36. The standard InChI is InChI=1S/C15H26N4O/c1-11-3-5-12(6-4-11)9-14-17-15(18-20-14)13-10-16-7-8-19(13)2/h11-13,16H,3-10H2,1-2H3. The van der Waals surface area contributed by atoms with Crippen molar-refractivity contribution in [3.05, 3.63) is 11.7 Å². The average molecular weight is 278 g/mol. The summed E-state index contributed by atoms with van der Waals surface area (Å²) in [5.41, 5.74) is 0. The molecule has 5 heteroatoms. The number of aromatic nitrogens is 2. The van der Waals surface area contributed by atoms with Crippen LogP contribution < -0.4 is 5.32 Å². The first-order valence-electron chi connectivity index (χ1n) is 7.96. The molecule has 1 unspecified atom stereocenters. The molecule has 1 saturated carbocycles. The van der Waals surface area contributed by atoms with Crippen molar-refractivity contribution in [1.82, 2.24) is 20.4 Å². The third-order valence-corrected chi connectivity index (χ3v) is 4.89. The highest BCUT2D eigenvalue weighted by Gasteiger charge is 2.26. The largest absolute Gasteiger partial charge is 0.339 e. The molecule has 2 fully saturated rings. The van der Waals surface area contributed by atoms with Gasteiger partial charge in [0.05, 0.1) is 6.04 Å². The summed E-state index contributed by atoms with van der Waals surface area (Å²) in [6, 6.07) is 0.257. The Hall–Kier alpha value is -0.940. The zero-order chi connectivity index (χ0) is 13.9. The van der Waals surface area contributed by atoms with Gasteiger partial charge in [0.15, 0.2) is 5.82 Å². The quantitative estimate of drug-likeness (QED) is 0.916. The number of piperazine rings is 1. The van der Waals surface area contributed by atoms with Crippen LogP contribution in [0.15, 0.2) is 4.52 Å². The van der Waals surface area contributed by atoms with E-state index in [9.17, 15) is 0 Å². The second-order valence-corrected chi connectivity index (χ2v) is 6.58. The number of rotatable bonds is 3. The van der Waals surface area contributed by atoms with Crippen molar-refractivity contribution in [2.24, 2.45) is 11.8 Å². The Balaban J connectivity index is 1.59. The lowest BCUT2D eigenvalue weighted by molar-refractivity contribution is 0.190. The highest BCUT2D eigenvalue weighted by molar-refractivity contribution is 4.98.